The van der Waals surface area contributed by atoms with Crippen LogP contribution >= 0.6 is 11.6 Å². The third kappa shape index (κ3) is 4.55. The molecule has 1 saturated heterocycles. The van der Waals surface area contributed by atoms with E-state index in [0.29, 0.717) is 30.0 Å². The van der Waals surface area contributed by atoms with Gasteiger partial charge in [0.15, 0.2) is 0 Å². The number of halogens is 1. The van der Waals surface area contributed by atoms with Gasteiger partial charge in [0.05, 0.1) is 16.5 Å². The minimum Gasteiger partial charge on any atom is -0.368 e. The number of hydrogen-bond donors (Lipinski definition) is 2. The molecule has 0 bridgehead atoms. The van der Waals surface area contributed by atoms with Gasteiger partial charge in [-0.2, -0.15) is 4.98 Å². The van der Waals surface area contributed by atoms with E-state index in [-0.39, 0.29) is 6.04 Å². The van der Waals surface area contributed by atoms with Crippen molar-refractivity contribution in [3.8, 4) is 0 Å². The van der Waals surface area contributed by atoms with Crippen LogP contribution in [0.1, 0.15) is 19.5 Å². The van der Waals surface area contributed by atoms with E-state index < -0.39 is 10.8 Å². The van der Waals surface area contributed by atoms with Gasteiger partial charge in [0.2, 0.25) is 5.95 Å². The summed E-state index contributed by atoms with van der Waals surface area (Å²) >= 11 is 6.01. The molecule has 3 heterocycles. The number of fused-ring (bicyclic) bond motifs is 1. The summed E-state index contributed by atoms with van der Waals surface area (Å²) < 4.78 is 12.5. The molecule has 1 fully saturated rings. The Balaban J connectivity index is 1.50. The molecule has 1 aromatic carbocycles. The first-order valence-corrected chi connectivity index (χ1v) is 12.2. The van der Waals surface area contributed by atoms with E-state index in [0.717, 1.165) is 48.2 Å². The Labute approximate surface area is 185 Å². The van der Waals surface area contributed by atoms with Crippen molar-refractivity contribution in [1.82, 2.24) is 9.97 Å². The monoisotopic (exact) mass is 448 g/mol. The molecule has 30 heavy (non-hydrogen) atoms. The summed E-state index contributed by atoms with van der Waals surface area (Å²) in [6.45, 7) is 8.22. The first kappa shape index (κ1) is 21.3. The van der Waals surface area contributed by atoms with Gasteiger partial charge in [-0.15, -0.1) is 0 Å². The van der Waals surface area contributed by atoms with Crippen LogP contribution in [0.3, 0.4) is 0 Å². The highest BCUT2D eigenvalue weighted by Gasteiger charge is 2.28. The van der Waals surface area contributed by atoms with Crippen LogP contribution in [0.15, 0.2) is 29.2 Å². The second kappa shape index (κ2) is 9.08. The zero-order chi connectivity index (χ0) is 21.3. The van der Waals surface area contributed by atoms with Crippen LogP contribution < -0.4 is 20.9 Å². The number of benzene rings is 1. The number of anilines is 3. The topological polar surface area (TPSA) is 87.4 Å². The molecule has 9 heteroatoms. The average Bonchev–Trinajstić information content (AvgIpc) is 3.13. The smallest absolute Gasteiger partial charge is 0.227 e. The first-order chi connectivity index (χ1) is 14.4. The fourth-order valence-electron chi connectivity index (χ4n) is 3.71. The average molecular weight is 449 g/mol. The molecule has 0 radical (unpaired) electrons. The van der Waals surface area contributed by atoms with Crippen molar-refractivity contribution in [3.63, 3.8) is 0 Å². The van der Waals surface area contributed by atoms with Crippen molar-refractivity contribution < 1.29 is 4.21 Å². The molecule has 2 atom stereocenters. The van der Waals surface area contributed by atoms with Gasteiger partial charge in [-0.1, -0.05) is 25.4 Å². The van der Waals surface area contributed by atoms with Gasteiger partial charge in [-0.25, -0.2) is 4.98 Å². The number of aromatic nitrogens is 2. The third-order valence-corrected chi connectivity index (χ3v) is 7.50. The summed E-state index contributed by atoms with van der Waals surface area (Å²) in [5.41, 5.74) is 8.28. The number of rotatable bonds is 6. The van der Waals surface area contributed by atoms with Gasteiger partial charge >= 0.3 is 0 Å². The zero-order valence-electron chi connectivity index (χ0n) is 17.5. The predicted octanol–water partition coefficient (Wildman–Crippen LogP) is 2.52. The lowest BCUT2D eigenvalue weighted by Gasteiger charge is -2.36. The van der Waals surface area contributed by atoms with E-state index in [1.54, 1.807) is 0 Å². The van der Waals surface area contributed by atoms with E-state index in [9.17, 15) is 4.21 Å². The first-order valence-electron chi connectivity index (χ1n) is 10.5. The van der Waals surface area contributed by atoms with Crippen molar-refractivity contribution in [2.45, 2.75) is 31.2 Å². The second-order valence-corrected chi connectivity index (χ2v) is 10.1. The molecule has 1 unspecified atom stereocenters. The molecule has 0 aliphatic carbocycles. The van der Waals surface area contributed by atoms with E-state index in [1.165, 1.54) is 5.69 Å². The normalized spacial score (nSPS) is 19.8. The van der Waals surface area contributed by atoms with Crippen LogP contribution in [0.25, 0.3) is 0 Å². The lowest BCUT2D eigenvalue weighted by molar-refractivity contribution is 0.510. The molecular formula is C21H29ClN6OS. The predicted molar refractivity (Wildman–Crippen MR) is 124 cm³/mol. The summed E-state index contributed by atoms with van der Waals surface area (Å²) in [5, 5.41) is 4.11. The van der Waals surface area contributed by atoms with Gasteiger partial charge in [0.25, 0.3) is 0 Å². The molecule has 4 rings (SSSR count). The van der Waals surface area contributed by atoms with Crippen LogP contribution in [0.5, 0.6) is 0 Å². The van der Waals surface area contributed by atoms with Crippen LogP contribution in [0, 0.1) is 5.92 Å². The molecular weight excluding hydrogens is 420 g/mol. The molecule has 2 aromatic rings. The van der Waals surface area contributed by atoms with Crippen molar-refractivity contribution in [3.05, 3.63) is 35.0 Å². The van der Waals surface area contributed by atoms with Gasteiger partial charge in [-0.05, 0) is 30.2 Å². The van der Waals surface area contributed by atoms with E-state index >= 15 is 0 Å². The molecule has 7 nitrogen and oxygen atoms in total. The Morgan fingerprint density at radius 1 is 1.13 bits per heavy atom. The summed E-state index contributed by atoms with van der Waals surface area (Å²) in [5.74, 6) is 2.37. The van der Waals surface area contributed by atoms with Gasteiger partial charge in [0, 0.05) is 61.6 Å². The fraction of sp³-hybridized carbons (Fsp3) is 0.524. The molecule has 162 valence electrons. The molecule has 3 N–H and O–H groups in total. The van der Waals surface area contributed by atoms with Crippen LogP contribution in [0.4, 0.5) is 17.5 Å². The Morgan fingerprint density at radius 3 is 2.47 bits per heavy atom. The number of aryl methyl sites for hydroxylation is 1. The van der Waals surface area contributed by atoms with Gasteiger partial charge in [0.1, 0.15) is 10.7 Å². The van der Waals surface area contributed by atoms with Gasteiger partial charge < -0.3 is 20.9 Å². The summed E-state index contributed by atoms with van der Waals surface area (Å²) in [7, 11) is -1.05. The summed E-state index contributed by atoms with van der Waals surface area (Å²) in [6.07, 6.45) is 0.729. The fourth-order valence-corrected chi connectivity index (χ4v) is 5.16. The largest absolute Gasteiger partial charge is 0.368 e. The Morgan fingerprint density at radius 2 is 1.80 bits per heavy atom. The van der Waals surface area contributed by atoms with E-state index in [4.69, 9.17) is 27.3 Å². The van der Waals surface area contributed by atoms with Crippen LogP contribution in [-0.2, 0) is 17.2 Å². The SMILES string of the molecule is CC(C)[C@@H](N)CNc1nc(N2CCN(c3ccc(Cl)cc3)CC2)nc2c1S(=O)CC2. The van der Waals surface area contributed by atoms with E-state index in [1.807, 2.05) is 12.1 Å². The van der Waals surface area contributed by atoms with E-state index in [2.05, 4.69) is 41.1 Å². The molecule has 1 aromatic heterocycles. The minimum atomic E-state index is -1.05. The lowest BCUT2D eigenvalue weighted by Crippen LogP contribution is -2.47. The highest BCUT2D eigenvalue weighted by Crippen LogP contribution is 2.30. The standard InChI is InChI=1S/C21H29ClN6OS/c1-14(2)17(23)13-24-20-19-18(7-12-30(19)29)25-21(26-20)28-10-8-27(9-11-28)16-5-3-15(22)4-6-16/h3-6,14,17H,7-13,23H2,1-2H3,(H,24,25,26)/t17-,30?/m0/s1. The Bertz CT molecular complexity index is 914. The number of hydrogen-bond acceptors (Lipinski definition) is 7. The third-order valence-electron chi connectivity index (χ3n) is 5.79. The molecule has 0 saturated carbocycles. The van der Waals surface area contributed by atoms with Crippen LogP contribution in [0.2, 0.25) is 5.02 Å². The lowest BCUT2D eigenvalue weighted by atomic mass is 10.1. The molecule has 2 aliphatic heterocycles. The molecule has 2 aliphatic rings. The van der Waals surface area contributed by atoms with Crippen molar-refractivity contribution in [2.24, 2.45) is 11.7 Å². The number of nitrogens with zero attached hydrogens (tertiary/aromatic N) is 4. The van der Waals surface area contributed by atoms with Crippen LogP contribution in [-0.4, -0.2) is 58.7 Å². The maximum absolute atomic E-state index is 12.5. The Kier molecular flexibility index (Phi) is 6.46. The zero-order valence-corrected chi connectivity index (χ0v) is 19.0. The van der Waals surface area contributed by atoms with Gasteiger partial charge in [-0.3, -0.25) is 4.21 Å². The Hall–Kier alpha value is -1.90. The highest BCUT2D eigenvalue weighted by molar-refractivity contribution is 7.85. The number of nitrogens with two attached hydrogens (primary N) is 1. The maximum atomic E-state index is 12.5. The molecule has 0 spiro atoms. The summed E-state index contributed by atoms with van der Waals surface area (Å²) in [4.78, 5) is 14.9. The molecule has 0 amide bonds. The highest BCUT2D eigenvalue weighted by atomic mass is 35.5. The van der Waals surface area contributed by atoms with Crippen molar-refractivity contribution in [2.75, 3.05) is 53.6 Å². The maximum Gasteiger partial charge on any atom is 0.227 e. The quantitative estimate of drug-likeness (QED) is 0.701. The van der Waals surface area contributed by atoms with Crippen molar-refractivity contribution in [1.29, 1.82) is 0 Å². The second-order valence-electron chi connectivity index (χ2n) is 8.19. The minimum absolute atomic E-state index is 0.0109. The van der Waals surface area contributed by atoms with Crippen molar-refractivity contribution >= 4 is 39.9 Å². The number of piperazine rings is 1. The summed E-state index contributed by atoms with van der Waals surface area (Å²) in [6, 6.07) is 7.97. The number of nitrogens with one attached hydrogen (secondary N) is 1.